The van der Waals surface area contributed by atoms with Crippen LogP contribution in [-0.4, -0.2) is 9.97 Å². The predicted octanol–water partition coefficient (Wildman–Crippen LogP) is 2.83. The molecule has 4 heteroatoms. The van der Waals surface area contributed by atoms with Gasteiger partial charge in [0.25, 0.3) is 0 Å². The third kappa shape index (κ3) is 1.67. The molecule has 3 aromatic rings. The van der Waals surface area contributed by atoms with Crippen molar-refractivity contribution >= 4 is 11.0 Å². The molecule has 0 aliphatic rings. The summed E-state index contributed by atoms with van der Waals surface area (Å²) in [6.45, 7) is 0.210. The molecule has 2 aromatic heterocycles. The van der Waals surface area contributed by atoms with Gasteiger partial charge in [0.2, 0.25) is 0 Å². The van der Waals surface area contributed by atoms with Crippen molar-refractivity contribution < 1.29 is 4.39 Å². The molecule has 2 heterocycles. The maximum Gasteiger partial charge on any atom is 0.137 e. The third-order valence-electron chi connectivity index (χ3n) is 3.04. The van der Waals surface area contributed by atoms with Gasteiger partial charge in [-0.25, -0.2) is 9.37 Å². The van der Waals surface area contributed by atoms with Gasteiger partial charge in [0, 0.05) is 29.9 Å². The lowest BCUT2D eigenvalue weighted by atomic mass is 10.0. The SMILES string of the molecule is NCc1ccc(-c2ccnc3[nH]ccc23)cc1F. The maximum atomic E-state index is 13.8. The number of benzene rings is 1. The number of hydrogen-bond acceptors (Lipinski definition) is 2. The lowest BCUT2D eigenvalue weighted by Crippen LogP contribution is -1.99. The second-order valence-electron chi connectivity index (χ2n) is 4.11. The van der Waals surface area contributed by atoms with Gasteiger partial charge in [-0.15, -0.1) is 0 Å². The third-order valence-corrected chi connectivity index (χ3v) is 3.04. The average molecular weight is 241 g/mol. The van der Waals surface area contributed by atoms with E-state index < -0.39 is 0 Å². The fraction of sp³-hybridized carbons (Fsp3) is 0.0714. The Labute approximate surface area is 103 Å². The molecule has 0 amide bonds. The van der Waals surface area contributed by atoms with Crippen LogP contribution in [0.4, 0.5) is 4.39 Å². The highest BCUT2D eigenvalue weighted by molar-refractivity contribution is 5.92. The molecule has 0 saturated heterocycles. The quantitative estimate of drug-likeness (QED) is 0.724. The molecular formula is C14H12FN3. The Morgan fingerprint density at radius 2 is 2.11 bits per heavy atom. The van der Waals surface area contributed by atoms with Crippen molar-refractivity contribution in [2.75, 3.05) is 0 Å². The van der Waals surface area contributed by atoms with E-state index in [1.165, 1.54) is 6.07 Å². The van der Waals surface area contributed by atoms with Gasteiger partial charge in [-0.1, -0.05) is 12.1 Å². The Hall–Kier alpha value is -2.20. The number of aromatic amines is 1. The van der Waals surface area contributed by atoms with Crippen molar-refractivity contribution in [3.63, 3.8) is 0 Å². The first-order chi connectivity index (χ1) is 8.79. The number of rotatable bonds is 2. The molecule has 0 unspecified atom stereocenters. The molecule has 0 radical (unpaired) electrons. The molecule has 0 atom stereocenters. The first kappa shape index (κ1) is 10.9. The zero-order chi connectivity index (χ0) is 12.5. The number of halogens is 1. The molecule has 0 spiro atoms. The molecule has 18 heavy (non-hydrogen) atoms. The van der Waals surface area contributed by atoms with Crippen molar-refractivity contribution in [2.24, 2.45) is 5.73 Å². The van der Waals surface area contributed by atoms with Gasteiger partial charge < -0.3 is 10.7 Å². The fourth-order valence-electron chi connectivity index (χ4n) is 2.09. The minimum absolute atomic E-state index is 0.210. The molecule has 0 saturated carbocycles. The van der Waals surface area contributed by atoms with Crippen molar-refractivity contribution in [1.82, 2.24) is 9.97 Å². The Bertz CT molecular complexity index is 703. The van der Waals surface area contributed by atoms with E-state index in [2.05, 4.69) is 9.97 Å². The Morgan fingerprint density at radius 1 is 1.22 bits per heavy atom. The molecule has 3 nitrogen and oxygen atoms in total. The van der Waals surface area contributed by atoms with Gasteiger partial charge in [-0.3, -0.25) is 0 Å². The van der Waals surface area contributed by atoms with Gasteiger partial charge in [-0.05, 0) is 29.3 Å². The zero-order valence-corrected chi connectivity index (χ0v) is 9.65. The van der Waals surface area contributed by atoms with E-state index in [0.29, 0.717) is 5.56 Å². The number of nitrogens with one attached hydrogen (secondary N) is 1. The van der Waals surface area contributed by atoms with Crippen LogP contribution in [0.25, 0.3) is 22.2 Å². The van der Waals surface area contributed by atoms with Gasteiger partial charge >= 0.3 is 0 Å². The van der Waals surface area contributed by atoms with Crippen LogP contribution in [0, 0.1) is 5.82 Å². The summed E-state index contributed by atoms with van der Waals surface area (Å²) in [5, 5.41) is 0.984. The van der Waals surface area contributed by atoms with Crippen molar-refractivity contribution in [2.45, 2.75) is 6.54 Å². The van der Waals surface area contributed by atoms with Crippen molar-refractivity contribution in [1.29, 1.82) is 0 Å². The van der Waals surface area contributed by atoms with E-state index in [0.717, 1.165) is 22.2 Å². The number of pyridine rings is 1. The summed E-state index contributed by atoms with van der Waals surface area (Å²) in [5.41, 5.74) is 8.58. The van der Waals surface area contributed by atoms with Crippen molar-refractivity contribution in [3.05, 3.63) is 54.1 Å². The lowest BCUT2D eigenvalue weighted by Gasteiger charge is -2.06. The zero-order valence-electron chi connectivity index (χ0n) is 9.65. The van der Waals surface area contributed by atoms with Crippen LogP contribution in [0.2, 0.25) is 0 Å². The van der Waals surface area contributed by atoms with Gasteiger partial charge in [0.05, 0.1) is 0 Å². The molecule has 3 N–H and O–H groups in total. The highest BCUT2D eigenvalue weighted by Crippen LogP contribution is 2.28. The van der Waals surface area contributed by atoms with Crippen LogP contribution in [0.15, 0.2) is 42.7 Å². The van der Waals surface area contributed by atoms with E-state index in [1.807, 2.05) is 24.4 Å². The Kier molecular flexibility index (Phi) is 2.57. The number of fused-ring (bicyclic) bond motifs is 1. The molecule has 90 valence electrons. The van der Waals surface area contributed by atoms with E-state index in [-0.39, 0.29) is 12.4 Å². The predicted molar refractivity (Wildman–Crippen MR) is 69.4 cm³/mol. The first-order valence-corrected chi connectivity index (χ1v) is 5.70. The summed E-state index contributed by atoms with van der Waals surface area (Å²) >= 11 is 0. The highest BCUT2D eigenvalue weighted by Gasteiger charge is 2.08. The van der Waals surface area contributed by atoms with E-state index in [1.54, 1.807) is 12.3 Å². The van der Waals surface area contributed by atoms with Crippen LogP contribution in [-0.2, 0) is 6.54 Å². The second kappa shape index (κ2) is 4.23. The molecule has 0 fully saturated rings. The van der Waals surface area contributed by atoms with E-state index in [4.69, 9.17) is 5.73 Å². The summed E-state index contributed by atoms with van der Waals surface area (Å²) < 4.78 is 13.8. The van der Waals surface area contributed by atoms with Gasteiger partial charge in [0.1, 0.15) is 11.5 Å². The summed E-state index contributed by atoms with van der Waals surface area (Å²) in [4.78, 5) is 7.26. The van der Waals surface area contributed by atoms with Gasteiger partial charge in [-0.2, -0.15) is 0 Å². The largest absolute Gasteiger partial charge is 0.346 e. The van der Waals surface area contributed by atoms with Crippen LogP contribution in [0.3, 0.4) is 0 Å². The van der Waals surface area contributed by atoms with E-state index >= 15 is 0 Å². The number of nitrogens with two attached hydrogens (primary N) is 1. The lowest BCUT2D eigenvalue weighted by molar-refractivity contribution is 0.611. The normalized spacial score (nSPS) is 11.0. The summed E-state index contributed by atoms with van der Waals surface area (Å²) in [5.74, 6) is -0.268. The molecule has 0 aliphatic heterocycles. The maximum absolute atomic E-state index is 13.8. The topological polar surface area (TPSA) is 54.7 Å². The van der Waals surface area contributed by atoms with Crippen LogP contribution >= 0.6 is 0 Å². The average Bonchev–Trinajstić information content (AvgIpc) is 2.86. The smallest absolute Gasteiger partial charge is 0.137 e. The monoisotopic (exact) mass is 241 g/mol. The number of hydrogen-bond donors (Lipinski definition) is 2. The Balaban J connectivity index is 2.20. The summed E-state index contributed by atoms with van der Waals surface area (Å²) in [7, 11) is 0. The fourth-order valence-corrected chi connectivity index (χ4v) is 2.09. The molecule has 3 rings (SSSR count). The standard InChI is InChI=1S/C14H12FN3/c15-13-7-9(1-2-10(13)8-16)11-3-5-17-14-12(11)4-6-18-14/h1-7H,8,16H2,(H,17,18). The first-order valence-electron chi connectivity index (χ1n) is 5.70. The molecule has 0 aliphatic carbocycles. The van der Waals surface area contributed by atoms with Gasteiger partial charge in [0.15, 0.2) is 0 Å². The van der Waals surface area contributed by atoms with E-state index in [9.17, 15) is 4.39 Å². The van der Waals surface area contributed by atoms with Crippen molar-refractivity contribution in [3.8, 4) is 11.1 Å². The minimum atomic E-state index is -0.268. The highest BCUT2D eigenvalue weighted by atomic mass is 19.1. The Morgan fingerprint density at radius 3 is 2.89 bits per heavy atom. The number of H-pyrrole nitrogens is 1. The molecule has 0 bridgehead atoms. The molecule has 1 aromatic carbocycles. The summed E-state index contributed by atoms with van der Waals surface area (Å²) in [6.07, 6.45) is 3.54. The molecular weight excluding hydrogens is 229 g/mol. The number of nitrogens with zero attached hydrogens (tertiary/aromatic N) is 1. The van der Waals surface area contributed by atoms with Crippen LogP contribution in [0.1, 0.15) is 5.56 Å². The second-order valence-corrected chi connectivity index (χ2v) is 4.11. The summed E-state index contributed by atoms with van der Waals surface area (Å²) in [6, 6.07) is 8.94. The van der Waals surface area contributed by atoms with Crippen LogP contribution < -0.4 is 5.73 Å². The van der Waals surface area contributed by atoms with Crippen LogP contribution in [0.5, 0.6) is 0 Å². The minimum Gasteiger partial charge on any atom is -0.346 e. The number of aromatic nitrogens is 2.